The van der Waals surface area contributed by atoms with E-state index in [1.807, 2.05) is 29.2 Å². The molecule has 1 atom stereocenters. The molecule has 1 aliphatic rings. The van der Waals surface area contributed by atoms with E-state index in [-0.39, 0.29) is 11.9 Å². The third kappa shape index (κ3) is 3.03. The van der Waals surface area contributed by atoms with Gasteiger partial charge in [0.1, 0.15) is 0 Å². The average molecular weight is 341 g/mol. The SMILES string of the molecule is Cc1ccc(C2c3ccccc3CC(=O)N2Cc2ccccc2)cc1C. The zero-order valence-corrected chi connectivity index (χ0v) is 15.3. The number of nitrogens with zero attached hydrogens (tertiary/aromatic N) is 1. The standard InChI is InChI=1S/C24H23NO/c1-17-12-13-21(14-18(17)2)24-22-11-7-6-10-20(22)15-23(26)25(24)16-19-8-4-3-5-9-19/h3-14,24H,15-16H2,1-2H3. The Morgan fingerprint density at radius 1 is 0.885 bits per heavy atom. The predicted octanol–water partition coefficient (Wildman–Crippen LogP) is 4.98. The van der Waals surface area contributed by atoms with Crippen molar-refractivity contribution in [1.29, 1.82) is 0 Å². The summed E-state index contributed by atoms with van der Waals surface area (Å²) in [5.41, 5.74) is 7.27. The highest BCUT2D eigenvalue weighted by Gasteiger charge is 2.33. The number of amides is 1. The first-order valence-electron chi connectivity index (χ1n) is 9.12. The summed E-state index contributed by atoms with van der Waals surface area (Å²) in [5, 5.41) is 0. The summed E-state index contributed by atoms with van der Waals surface area (Å²) in [6.45, 7) is 4.89. The molecular weight excluding hydrogens is 318 g/mol. The number of hydrogen-bond acceptors (Lipinski definition) is 1. The molecule has 0 radical (unpaired) electrons. The van der Waals surface area contributed by atoms with E-state index >= 15 is 0 Å². The van der Waals surface area contributed by atoms with Gasteiger partial charge >= 0.3 is 0 Å². The second-order valence-corrected chi connectivity index (χ2v) is 7.13. The van der Waals surface area contributed by atoms with Gasteiger partial charge in [-0.05, 0) is 47.2 Å². The lowest BCUT2D eigenvalue weighted by Crippen LogP contribution is -2.40. The van der Waals surface area contributed by atoms with Crippen molar-refractivity contribution in [3.05, 3.63) is 106 Å². The molecule has 2 nitrogen and oxygen atoms in total. The molecule has 1 heterocycles. The summed E-state index contributed by atoms with van der Waals surface area (Å²) in [4.78, 5) is 15.1. The van der Waals surface area contributed by atoms with Crippen LogP contribution in [-0.4, -0.2) is 10.8 Å². The zero-order valence-electron chi connectivity index (χ0n) is 15.3. The maximum Gasteiger partial charge on any atom is 0.228 e. The van der Waals surface area contributed by atoms with Crippen LogP contribution in [0, 0.1) is 13.8 Å². The van der Waals surface area contributed by atoms with Gasteiger partial charge in [-0.1, -0.05) is 72.8 Å². The van der Waals surface area contributed by atoms with E-state index in [9.17, 15) is 4.79 Å². The zero-order chi connectivity index (χ0) is 18.1. The summed E-state index contributed by atoms with van der Waals surface area (Å²) in [6, 6.07) is 25.1. The number of benzene rings is 3. The Hall–Kier alpha value is -2.87. The topological polar surface area (TPSA) is 20.3 Å². The van der Waals surface area contributed by atoms with Gasteiger partial charge in [0.2, 0.25) is 5.91 Å². The largest absolute Gasteiger partial charge is 0.327 e. The highest BCUT2D eigenvalue weighted by Crippen LogP contribution is 2.37. The van der Waals surface area contributed by atoms with Gasteiger partial charge in [-0.3, -0.25) is 4.79 Å². The molecule has 0 saturated heterocycles. The fourth-order valence-electron chi connectivity index (χ4n) is 3.79. The van der Waals surface area contributed by atoms with Gasteiger partial charge in [-0.25, -0.2) is 0 Å². The van der Waals surface area contributed by atoms with E-state index in [2.05, 4.69) is 62.4 Å². The molecule has 0 fully saturated rings. The minimum absolute atomic E-state index is 0.0352. The molecule has 0 N–H and O–H groups in total. The smallest absolute Gasteiger partial charge is 0.228 e. The van der Waals surface area contributed by atoms with E-state index in [4.69, 9.17) is 0 Å². The Labute approximate surface area is 155 Å². The Morgan fingerprint density at radius 3 is 2.38 bits per heavy atom. The van der Waals surface area contributed by atoms with E-state index in [0.29, 0.717) is 13.0 Å². The Balaban J connectivity index is 1.82. The first-order chi connectivity index (χ1) is 12.6. The highest BCUT2D eigenvalue weighted by atomic mass is 16.2. The van der Waals surface area contributed by atoms with Crippen molar-refractivity contribution in [2.75, 3.05) is 0 Å². The molecule has 26 heavy (non-hydrogen) atoms. The van der Waals surface area contributed by atoms with Crippen LogP contribution in [0.3, 0.4) is 0 Å². The van der Waals surface area contributed by atoms with Crippen LogP contribution >= 0.6 is 0 Å². The normalized spacial score (nSPS) is 16.5. The summed E-state index contributed by atoms with van der Waals surface area (Å²) < 4.78 is 0. The maximum atomic E-state index is 13.0. The van der Waals surface area contributed by atoms with Crippen LogP contribution in [-0.2, 0) is 17.8 Å². The molecule has 0 spiro atoms. The molecule has 3 aromatic rings. The minimum atomic E-state index is -0.0352. The molecule has 4 rings (SSSR count). The summed E-state index contributed by atoms with van der Waals surface area (Å²) in [5.74, 6) is 0.191. The third-order valence-electron chi connectivity index (χ3n) is 5.37. The lowest BCUT2D eigenvalue weighted by atomic mass is 9.86. The highest BCUT2D eigenvalue weighted by molar-refractivity contribution is 5.82. The molecule has 1 unspecified atom stereocenters. The Bertz CT molecular complexity index is 945. The van der Waals surface area contributed by atoms with Crippen LogP contribution in [0.4, 0.5) is 0 Å². The predicted molar refractivity (Wildman–Crippen MR) is 105 cm³/mol. The van der Waals surface area contributed by atoms with Crippen molar-refractivity contribution in [2.45, 2.75) is 32.9 Å². The van der Waals surface area contributed by atoms with Crippen LogP contribution in [0.2, 0.25) is 0 Å². The van der Waals surface area contributed by atoms with Gasteiger partial charge in [-0.2, -0.15) is 0 Å². The first kappa shape index (κ1) is 16.6. The van der Waals surface area contributed by atoms with E-state index in [0.717, 1.165) is 11.1 Å². The number of fused-ring (bicyclic) bond motifs is 1. The van der Waals surface area contributed by atoms with Crippen LogP contribution < -0.4 is 0 Å². The molecule has 2 heteroatoms. The molecule has 0 saturated carbocycles. The number of carbonyl (C=O) groups excluding carboxylic acids is 1. The van der Waals surface area contributed by atoms with Crippen LogP contribution in [0.15, 0.2) is 72.8 Å². The molecular formula is C24H23NO. The third-order valence-corrected chi connectivity index (χ3v) is 5.37. The molecule has 0 aromatic heterocycles. The number of aryl methyl sites for hydroxylation is 2. The van der Waals surface area contributed by atoms with Crippen molar-refractivity contribution in [2.24, 2.45) is 0 Å². The van der Waals surface area contributed by atoms with Crippen LogP contribution in [0.5, 0.6) is 0 Å². The lowest BCUT2D eigenvalue weighted by Gasteiger charge is -2.38. The molecule has 3 aromatic carbocycles. The van der Waals surface area contributed by atoms with Gasteiger partial charge < -0.3 is 4.90 Å². The van der Waals surface area contributed by atoms with Crippen molar-refractivity contribution < 1.29 is 4.79 Å². The Morgan fingerprint density at radius 2 is 1.62 bits per heavy atom. The molecule has 130 valence electrons. The van der Waals surface area contributed by atoms with E-state index in [1.54, 1.807) is 0 Å². The van der Waals surface area contributed by atoms with Crippen molar-refractivity contribution in [3.8, 4) is 0 Å². The fraction of sp³-hybridized carbons (Fsp3) is 0.208. The molecule has 0 aliphatic carbocycles. The number of hydrogen-bond donors (Lipinski definition) is 0. The van der Waals surface area contributed by atoms with Gasteiger partial charge in [0, 0.05) is 6.54 Å². The van der Waals surface area contributed by atoms with Gasteiger partial charge in [0.25, 0.3) is 0 Å². The number of rotatable bonds is 3. The Kier molecular flexibility index (Phi) is 4.34. The maximum absolute atomic E-state index is 13.0. The first-order valence-corrected chi connectivity index (χ1v) is 9.12. The number of carbonyl (C=O) groups is 1. The minimum Gasteiger partial charge on any atom is -0.327 e. The van der Waals surface area contributed by atoms with Crippen LogP contribution in [0.25, 0.3) is 0 Å². The second kappa shape index (κ2) is 6.80. The summed E-state index contributed by atoms with van der Waals surface area (Å²) in [6.07, 6.45) is 0.477. The molecule has 1 amide bonds. The van der Waals surface area contributed by atoms with Crippen molar-refractivity contribution >= 4 is 5.91 Å². The second-order valence-electron chi connectivity index (χ2n) is 7.13. The molecule has 1 aliphatic heterocycles. The van der Waals surface area contributed by atoms with Crippen molar-refractivity contribution in [1.82, 2.24) is 4.90 Å². The van der Waals surface area contributed by atoms with Crippen LogP contribution in [0.1, 0.15) is 39.4 Å². The quantitative estimate of drug-likeness (QED) is 0.658. The van der Waals surface area contributed by atoms with Gasteiger partial charge in [0.15, 0.2) is 0 Å². The van der Waals surface area contributed by atoms with Gasteiger partial charge in [0.05, 0.1) is 12.5 Å². The monoisotopic (exact) mass is 341 g/mol. The summed E-state index contributed by atoms with van der Waals surface area (Å²) >= 11 is 0. The summed E-state index contributed by atoms with van der Waals surface area (Å²) in [7, 11) is 0. The van der Waals surface area contributed by atoms with Gasteiger partial charge in [-0.15, -0.1) is 0 Å². The fourth-order valence-corrected chi connectivity index (χ4v) is 3.79. The average Bonchev–Trinajstić information content (AvgIpc) is 2.65. The van der Waals surface area contributed by atoms with Crippen molar-refractivity contribution in [3.63, 3.8) is 0 Å². The van der Waals surface area contributed by atoms with E-state index < -0.39 is 0 Å². The van der Waals surface area contributed by atoms with E-state index in [1.165, 1.54) is 22.3 Å². The lowest BCUT2D eigenvalue weighted by molar-refractivity contribution is -0.133. The molecule has 0 bridgehead atoms.